The van der Waals surface area contributed by atoms with Crippen molar-refractivity contribution in [3.63, 3.8) is 0 Å². The summed E-state index contributed by atoms with van der Waals surface area (Å²) in [7, 11) is 0. The summed E-state index contributed by atoms with van der Waals surface area (Å²) in [6.07, 6.45) is 5.43. The molecular formula is C14H27N3O. The Balaban J connectivity index is 2.06. The number of rotatable bonds is 4. The highest BCUT2D eigenvalue weighted by Crippen LogP contribution is 2.36. The molecule has 4 nitrogen and oxygen atoms in total. The molecule has 0 spiro atoms. The minimum atomic E-state index is -0.471. The molecule has 1 amide bonds. The first-order valence-electron chi connectivity index (χ1n) is 7.28. The van der Waals surface area contributed by atoms with Crippen molar-refractivity contribution in [3.05, 3.63) is 0 Å². The molecule has 3 N–H and O–H groups in total. The largest absolute Gasteiger partial charge is 0.368 e. The maximum atomic E-state index is 11.8. The van der Waals surface area contributed by atoms with Crippen LogP contribution in [-0.2, 0) is 4.79 Å². The van der Waals surface area contributed by atoms with Crippen LogP contribution in [0.2, 0.25) is 0 Å². The van der Waals surface area contributed by atoms with E-state index in [1.165, 1.54) is 19.4 Å². The molecule has 1 heterocycles. The molecule has 3 atom stereocenters. The Bertz CT molecular complexity index is 318. The quantitative estimate of drug-likeness (QED) is 0.792. The second kappa shape index (κ2) is 5.17. The number of primary amides is 1. The molecule has 0 aromatic rings. The lowest BCUT2D eigenvalue weighted by molar-refractivity contribution is -0.124. The average molecular weight is 253 g/mol. The summed E-state index contributed by atoms with van der Waals surface area (Å²) in [4.78, 5) is 14.4. The van der Waals surface area contributed by atoms with E-state index in [-0.39, 0.29) is 5.91 Å². The van der Waals surface area contributed by atoms with E-state index in [9.17, 15) is 4.79 Å². The average Bonchev–Trinajstić information content (AvgIpc) is 2.84. The molecule has 2 rings (SSSR count). The lowest BCUT2D eigenvalue weighted by atomic mass is 9.95. The Labute approximate surface area is 110 Å². The number of hydrogen-bond acceptors (Lipinski definition) is 3. The number of carbonyl (C=O) groups excluding carboxylic acids is 1. The van der Waals surface area contributed by atoms with Crippen LogP contribution in [0.3, 0.4) is 0 Å². The summed E-state index contributed by atoms with van der Waals surface area (Å²) in [5, 5.41) is 3.42. The molecule has 0 aromatic heterocycles. The van der Waals surface area contributed by atoms with E-state index < -0.39 is 5.54 Å². The van der Waals surface area contributed by atoms with E-state index in [0.717, 1.165) is 19.3 Å². The van der Waals surface area contributed by atoms with Gasteiger partial charge in [0, 0.05) is 18.1 Å². The normalized spacial score (nSPS) is 37.6. The summed E-state index contributed by atoms with van der Waals surface area (Å²) in [5.41, 5.74) is 5.19. The van der Waals surface area contributed by atoms with Crippen molar-refractivity contribution >= 4 is 5.91 Å². The van der Waals surface area contributed by atoms with Crippen LogP contribution >= 0.6 is 0 Å². The van der Waals surface area contributed by atoms with Crippen LogP contribution in [0.5, 0.6) is 0 Å². The van der Waals surface area contributed by atoms with Gasteiger partial charge in [-0.25, -0.2) is 0 Å². The van der Waals surface area contributed by atoms with E-state index >= 15 is 0 Å². The van der Waals surface area contributed by atoms with Crippen LogP contribution in [0.4, 0.5) is 0 Å². The Morgan fingerprint density at radius 1 is 1.44 bits per heavy atom. The van der Waals surface area contributed by atoms with Crippen LogP contribution in [0, 0.1) is 0 Å². The number of nitrogens with two attached hydrogens (primary N) is 1. The number of carbonyl (C=O) groups is 1. The summed E-state index contributed by atoms with van der Waals surface area (Å²) < 4.78 is 0. The first-order chi connectivity index (χ1) is 8.44. The Hall–Kier alpha value is -0.610. The fourth-order valence-corrected chi connectivity index (χ4v) is 3.78. The van der Waals surface area contributed by atoms with E-state index in [0.29, 0.717) is 18.1 Å². The Morgan fingerprint density at radius 2 is 2.17 bits per heavy atom. The van der Waals surface area contributed by atoms with E-state index in [2.05, 4.69) is 31.0 Å². The van der Waals surface area contributed by atoms with Crippen LogP contribution in [0.1, 0.15) is 52.9 Å². The molecule has 1 aliphatic heterocycles. The van der Waals surface area contributed by atoms with Gasteiger partial charge in [-0.05, 0) is 59.4 Å². The van der Waals surface area contributed by atoms with Crippen LogP contribution < -0.4 is 11.1 Å². The molecule has 1 saturated carbocycles. The maximum absolute atomic E-state index is 11.8. The van der Waals surface area contributed by atoms with Gasteiger partial charge in [0.1, 0.15) is 0 Å². The van der Waals surface area contributed by atoms with Crippen LogP contribution in [0.15, 0.2) is 0 Å². The van der Waals surface area contributed by atoms with Crippen molar-refractivity contribution < 1.29 is 4.79 Å². The molecule has 18 heavy (non-hydrogen) atoms. The topological polar surface area (TPSA) is 58.4 Å². The predicted octanol–water partition coefficient (Wildman–Crippen LogP) is 1.25. The molecular weight excluding hydrogens is 226 g/mol. The lowest BCUT2D eigenvalue weighted by Crippen LogP contribution is -2.56. The molecule has 2 aliphatic rings. The van der Waals surface area contributed by atoms with Gasteiger partial charge in [0.2, 0.25) is 5.91 Å². The molecule has 4 heteroatoms. The highest BCUT2D eigenvalue weighted by atomic mass is 16.1. The highest BCUT2D eigenvalue weighted by Gasteiger charge is 2.46. The first kappa shape index (κ1) is 13.8. The zero-order chi connectivity index (χ0) is 13.3. The maximum Gasteiger partial charge on any atom is 0.237 e. The van der Waals surface area contributed by atoms with Crippen molar-refractivity contribution in [2.75, 3.05) is 6.54 Å². The molecule has 0 bridgehead atoms. The zero-order valence-electron chi connectivity index (χ0n) is 11.9. The molecule has 104 valence electrons. The van der Waals surface area contributed by atoms with E-state index in [4.69, 9.17) is 5.73 Å². The van der Waals surface area contributed by atoms with Crippen LogP contribution in [-0.4, -0.2) is 41.0 Å². The number of likely N-dealkylation sites (tertiary alicyclic amines) is 1. The monoisotopic (exact) mass is 253 g/mol. The number of nitrogens with one attached hydrogen (secondary N) is 1. The first-order valence-corrected chi connectivity index (χ1v) is 7.28. The Morgan fingerprint density at radius 3 is 2.67 bits per heavy atom. The fourth-order valence-electron chi connectivity index (χ4n) is 3.78. The van der Waals surface area contributed by atoms with Crippen molar-refractivity contribution in [1.29, 1.82) is 0 Å². The van der Waals surface area contributed by atoms with Crippen molar-refractivity contribution in [1.82, 2.24) is 10.2 Å². The third-order valence-corrected chi connectivity index (χ3v) is 4.60. The summed E-state index contributed by atoms with van der Waals surface area (Å²) in [6.45, 7) is 7.64. The fraction of sp³-hybridized carbons (Fsp3) is 0.929. The van der Waals surface area contributed by atoms with Gasteiger partial charge < -0.3 is 11.1 Å². The smallest absolute Gasteiger partial charge is 0.237 e. The minimum Gasteiger partial charge on any atom is -0.368 e. The molecule has 0 radical (unpaired) electrons. The zero-order valence-corrected chi connectivity index (χ0v) is 11.9. The number of nitrogens with zero attached hydrogens (tertiary/aromatic N) is 1. The third kappa shape index (κ3) is 2.54. The molecule has 0 aromatic carbocycles. The van der Waals surface area contributed by atoms with Gasteiger partial charge in [-0.2, -0.15) is 0 Å². The predicted molar refractivity (Wildman–Crippen MR) is 73.2 cm³/mol. The molecule has 3 unspecified atom stereocenters. The number of hydrogen-bond donors (Lipinski definition) is 2. The summed E-state index contributed by atoms with van der Waals surface area (Å²) >= 11 is 0. The van der Waals surface area contributed by atoms with Gasteiger partial charge >= 0.3 is 0 Å². The lowest BCUT2D eigenvalue weighted by Gasteiger charge is -2.32. The van der Waals surface area contributed by atoms with Crippen molar-refractivity contribution in [2.24, 2.45) is 5.73 Å². The van der Waals surface area contributed by atoms with E-state index in [1.807, 2.05) is 0 Å². The summed E-state index contributed by atoms with van der Waals surface area (Å²) in [6, 6.07) is 1.49. The van der Waals surface area contributed by atoms with Gasteiger partial charge in [0.25, 0.3) is 0 Å². The summed E-state index contributed by atoms with van der Waals surface area (Å²) in [5.74, 6) is -0.175. The second-order valence-corrected chi connectivity index (χ2v) is 6.37. The number of amides is 1. The SMILES string of the molecule is CC(C)NC1(C(N)=O)CCC(N2CCCC2C)C1. The Kier molecular flexibility index (Phi) is 3.97. The highest BCUT2D eigenvalue weighted by molar-refractivity contribution is 5.85. The van der Waals surface area contributed by atoms with Gasteiger partial charge in [-0.1, -0.05) is 0 Å². The third-order valence-electron chi connectivity index (χ3n) is 4.60. The second-order valence-electron chi connectivity index (χ2n) is 6.37. The van der Waals surface area contributed by atoms with Crippen molar-refractivity contribution in [3.8, 4) is 0 Å². The van der Waals surface area contributed by atoms with Gasteiger partial charge in [0.05, 0.1) is 5.54 Å². The van der Waals surface area contributed by atoms with Crippen molar-refractivity contribution in [2.45, 2.75) is 76.5 Å². The molecule has 1 aliphatic carbocycles. The van der Waals surface area contributed by atoms with Gasteiger partial charge in [-0.3, -0.25) is 9.69 Å². The molecule has 2 fully saturated rings. The standard InChI is InChI=1S/C14H27N3O/c1-10(2)16-14(13(15)18)7-6-12(9-14)17-8-4-5-11(17)3/h10-12,16H,4-9H2,1-3H3,(H2,15,18). The minimum absolute atomic E-state index is 0.175. The molecule has 1 saturated heterocycles. The van der Waals surface area contributed by atoms with Gasteiger partial charge in [0.15, 0.2) is 0 Å². The van der Waals surface area contributed by atoms with E-state index in [1.54, 1.807) is 0 Å². The van der Waals surface area contributed by atoms with Crippen LogP contribution in [0.25, 0.3) is 0 Å². The van der Waals surface area contributed by atoms with Gasteiger partial charge in [-0.15, -0.1) is 0 Å².